The molecule has 4 atom stereocenters. The van der Waals surface area contributed by atoms with E-state index in [-0.39, 0.29) is 43.7 Å². The molecule has 8 rings (SSSR count). The number of carbonyl (C=O) groups excluding carboxylic acids is 2. The molecule has 2 aromatic carbocycles. The van der Waals surface area contributed by atoms with Crippen molar-refractivity contribution in [1.29, 1.82) is 10.5 Å². The summed E-state index contributed by atoms with van der Waals surface area (Å²) >= 11 is 0. The van der Waals surface area contributed by atoms with Gasteiger partial charge in [0, 0.05) is 80.1 Å². The fraction of sp³-hybridized carbons (Fsp3) is 0.434. The fourth-order valence-corrected chi connectivity index (χ4v) is 8.34. The molecule has 2 saturated heterocycles. The van der Waals surface area contributed by atoms with Crippen molar-refractivity contribution in [3.8, 4) is 34.7 Å². The zero-order chi connectivity index (χ0) is 49.3. The number of likely N-dealkylation sites (tertiary alicyclic amines) is 1. The minimum Gasteiger partial charge on any atom is -0.400 e. The summed E-state index contributed by atoms with van der Waals surface area (Å²) < 4.78 is 4.02. The molecule has 0 amide bonds. The van der Waals surface area contributed by atoms with Crippen LogP contribution in [0.4, 0.5) is 23.3 Å². The number of aliphatic hydroxyl groups excluding tert-OH is 1. The summed E-state index contributed by atoms with van der Waals surface area (Å²) in [5.41, 5.74) is 8.25. The van der Waals surface area contributed by atoms with Gasteiger partial charge in [-0.25, -0.2) is 19.9 Å². The molecule has 368 valence electrons. The lowest BCUT2D eigenvalue weighted by Gasteiger charge is -2.29. The van der Waals surface area contributed by atoms with Crippen molar-refractivity contribution in [2.45, 2.75) is 98.6 Å². The smallest absolute Gasteiger partial charge is 0.227 e. The maximum atomic E-state index is 12.5. The molecule has 0 bridgehead atoms. The molecule has 2 aliphatic heterocycles. The SMILES string of the molecule is C.CC[C@@H](C#N)CC(=O)c1ccc(-c2nc(Nc3cnn(C4CCCN(C)C4)c3)ncc2C)cc1.CC[C@@H](C#N)CC(=O)c1ccc(-c2nc(Nc3cnn(C4CCCNC4)c3)ncc2C)cc1.CO. The highest BCUT2D eigenvalue weighted by molar-refractivity contribution is 5.97. The maximum absolute atomic E-state index is 12.5. The minimum atomic E-state index is -0.242. The van der Waals surface area contributed by atoms with Crippen LogP contribution in [0.25, 0.3) is 22.5 Å². The molecule has 2 aliphatic rings. The van der Waals surface area contributed by atoms with Crippen LogP contribution in [0.5, 0.6) is 0 Å². The summed E-state index contributed by atoms with van der Waals surface area (Å²) in [7, 11) is 3.15. The first-order valence-electron chi connectivity index (χ1n) is 23.7. The number of carbonyl (C=O) groups is 2. The van der Waals surface area contributed by atoms with Gasteiger partial charge in [0.2, 0.25) is 11.9 Å². The van der Waals surface area contributed by atoms with Crippen LogP contribution in [0, 0.1) is 48.3 Å². The molecule has 4 aromatic heterocycles. The Morgan fingerprint density at radius 1 is 0.729 bits per heavy atom. The first-order valence-corrected chi connectivity index (χ1v) is 23.7. The number of anilines is 4. The largest absolute Gasteiger partial charge is 0.400 e. The number of piperidine rings is 2. The van der Waals surface area contributed by atoms with E-state index in [2.05, 4.69) is 60.2 Å². The highest BCUT2D eigenvalue weighted by Crippen LogP contribution is 2.28. The fourth-order valence-electron chi connectivity index (χ4n) is 8.34. The predicted octanol–water partition coefficient (Wildman–Crippen LogP) is 9.47. The van der Waals surface area contributed by atoms with Gasteiger partial charge in [0.05, 0.1) is 71.2 Å². The number of nitrogens with zero attached hydrogens (tertiary/aromatic N) is 11. The molecule has 2 fully saturated rings. The van der Waals surface area contributed by atoms with Gasteiger partial charge < -0.3 is 26.0 Å². The van der Waals surface area contributed by atoms with E-state index in [0.29, 0.717) is 47.9 Å². The average molecular weight is 949 g/mol. The Bertz CT molecular complexity index is 2690. The van der Waals surface area contributed by atoms with E-state index in [1.165, 1.54) is 6.42 Å². The Hall–Kier alpha value is -7.18. The number of rotatable bonds is 16. The number of hydrogen-bond donors (Lipinski definition) is 4. The number of likely N-dealkylation sites (N-methyl/N-ethyl adjacent to an activating group) is 1. The lowest BCUT2D eigenvalue weighted by Crippen LogP contribution is -2.33. The third kappa shape index (κ3) is 14.4. The van der Waals surface area contributed by atoms with Gasteiger partial charge in [-0.05, 0) is 83.6 Å². The van der Waals surface area contributed by atoms with Gasteiger partial charge in [-0.2, -0.15) is 20.7 Å². The van der Waals surface area contributed by atoms with Crippen LogP contribution in [0.1, 0.15) is 117 Å². The molecule has 17 nitrogen and oxygen atoms in total. The molecule has 4 N–H and O–H groups in total. The second kappa shape index (κ2) is 26.5. The number of hydrogen-bond acceptors (Lipinski definition) is 15. The van der Waals surface area contributed by atoms with E-state index in [1.807, 2.05) is 92.0 Å². The third-order valence-corrected chi connectivity index (χ3v) is 12.5. The number of aromatic nitrogens is 8. The maximum Gasteiger partial charge on any atom is 0.227 e. The number of nitrogens with one attached hydrogen (secondary N) is 3. The topological polar surface area (TPSA) is 228 Å². The minimum absolute atomic E-state index is 0. The monoisotopic (exact) mass is 949 g/mol. The van der Waals surface area contributed by atoms with Gasteiger partial charge in [0.1, 0.15) is 0 Å². The lowest BCUT2D eigenvalue weighted by molar-refractivity contribution is 0.0961. The molecule has 0 radical (unpaired) electrons. The van der Waals surface area contributed by atoms with Crippen LogP contribution < -0.4 is 16.0 Å². The normalized spacial score (nSPS) is 16.3. The van der Waals surface area contributed by atoms with E-state index in [4.69, 9.17) is 25.6 Å². The molecule has 2 unspecified atom stereocenters. The third-order valence-electron chi connectivity index (χ3n) is 12.5. The second-order valence-electron chi connectivity index (χ2n) is 17.6. The van der Waals surface area contributed by atoms with E-state index in [9.17, 15) is 9.59 Å². The van der Waals surface area contributed by atoms with Crippen LogP contribution in [0.3, 0.4) is 0 Å². The van der Waals surface area contributed by atoms with Crippen molar-refractivity contribution in [3.05, 3.63) is 108 Å². The summed E-state index contributed by atoms with van der Waals surface area (Å²) in [6.07, 6.45) is 17.6. The zero-order valence-electron chi connectivity index (χ0n) is 40.6. The Balaban J connectivity index is 0.000000249. The summed E-state index contributed by atoms with van der Waals surface area (Å²) in [5.74, 6) is 0.490. The molecule has 6 heterocycles. The zero-order valence-corrected chi connectivity index (χ0v) is 40.6. The first kappa shape index (κ1) is 53.8. The van der Waals surface area contributed by atoms with E-state index in [0.717, 1.165) is 97.6 Å². The first-order chi connectivity index (χ1) is 33.5. The molecule has 0 aliphatic carbocycles. The Labute approximate surface area is 412 Å². The van der Waals surface area contributed by atoms with E-state index in [1.54, 1.807) is 30.7 Å². The second-order valence-corrected chi connectivity index (χ2v) is 17.6. The van der Waals surface area contributed by atoms with E-state index >= 15 is 0 Å². The summed E-state index contributed by atoms with van der Waals surface area (Å²) in [4.78, 5) is 45.6. The van der Waals surface area contributed by atoms with Crippen LogP contribution >= 0.6 is 0 Å². The Kier molecular flexibility index (Phi) is 20.4. The predicted molar refractivity (Wildman–Crippen MR) is 274 cm³/mol. The van der Waals surface area contributed by atoms with Crippen molar-refractivity contribution < 1.29 is 14.7 Å². The van der Waals surface area contributed by atoms with Gasteiger partial charge in [-0.1, -0.05) is 69.8 Å². The Morgan fingerprint density at radius 2 is 1.19 bits per heavy atom. The summed E-state index contributed by atoms with van der Waals surface area (Å²) in [6.45, 7) is 11.9. The molecule has 6 aromatic rings. The lowest BCUT2D eigenvalue weighted by atomic mass is 9.96. The average Bonchev–Trinajstić information content (AvgIpc) is 4.07. The quantitative estimate of drug-likeness (QED) is 0.0662. The Morgan fingerprint density at radius 3 is 1.60 bits per heavy atom. The van der Waals surface area contributed by atoms with Crippen molar-refractivity contribution in [2.75, 3.05) is 51.0 Å². The number of benzene rings is 2. The molecule has 70 heavy (non-hydrogen) atoms. The van der Waals surface area contributed by atoms with Crippen molar-refractivity contribution in [1.82, 2.24) is 49.7 Å². The van der Waals surface area contributed by atoms with Gasteiger partial charge in [0.15, 0.2) is 11.6 Å². The number of aryl methyl sites for hydroxylation is 2. The van der Waals surface area contributed by atoms with Crippen LogP contribution in [0.2, 0.25) is 0 Å². The van der Waals surface area contributed by atoms with Crippen LogP contribution in [-0.2, 0) is 0 Å². The highest BCUT2D eigenvalue weighted by atomic mass is 16.2. The molecular weight excluding hydrogens is 881 g/mol. The molecule has 0 saturated carbocycles. The van der Waals surface area contributed by atoms with Gasteiger partial charge in [0.25, 0.3) is 0 Å². The molecule has 0 spiro atoms. The number of ketones is 2. The van der Waals surface area contributed by atoms with Crippen LogP contribution in [-0.4, -0.2) is 101 Å². The van der Waals surface area contributed by atoms with Crippen LogP contribution in [0.15, 0.2) is 85.7 Å². The number of aliphatic hydroxyl groups is 1. The highest BCUT2D eigenvalue weighted by Gasteiger charge is 2.21. The standard InChI is InChI=1S/C26H31N7O.C25H29N7O.CH4O.CH4/c1-4-19(13-27)12-24(34)20-7-9-21(10-8-20)25-18(2)14-28-26(31-25)30-22-15-29-33(16-22)23-6-5-11-32(3)17-23;1-3-18(12-26)11-23(33)19-6-8-20(9-7-19)24-17(2)13-28-25(31-24)30-21-14-29-32(16-21)22-5-4-10-27-15-22;1-2;/h7-10,14-16,19,23H,4-6,11-12,17H2,1-3H3,(H,28,30,31);6-9,13-14,16,18,22,27H,3-5,10-11,15H2,1-2H3,(H,28,30,31);2H,1H3;1H4/t19-,23?;18-,22?;;/m11../s1. The van der Waals surface area contributed by atoms with Gasteiger partial charge in [-0.15, -0.1) is 0 Å². The van der Waals surface area contributed by atoms with Crippen molar-refractivity contribution in [2.24, 2.45) is 11.8 Å². The van der Waals surface area contributed by atoms with Crippen molar-refractivity contribution in [3.63, 3.8) is 0 Å². The molecule has 17 heteroatoms. The van der Waals surface area contributed by atoms with Gasteiger partial charge in [-0.3, -0.25) is 19.0 Å². The van der Waals surface area contributed by atoms with Crippen molar-refractivity contribution >= 4 is 34.8 Å². The molecular formula is C53H68N14O3. The van der Waals surface area contributed by atoms with Gasteiger partial charge >= 0.3 is 0 Å². The summed E-state index contributed by atoms with van der Waals surface area (Å²) in [5, 5.41) is 44.2. The number of Topliss-reactive ketones (excluding diaryl/α,β-unsaturated/α-hetero) is 2. The summed E-state index contributed by atoms with van der Waals surface area (Å²) in [6, 6.07) is 19.9. The van der Waals surface area contributed by atoms with E-state index < -0.39 is 0 Å². The number of nitriles is 2.